The van der Waals surface area contributed by atoms with Crippen molar-refractivity contribution in [3.63, 3.8) is 0 Å². The number of nitrogens with one attached hydrogen (secondary N) is 2. The van der Waals surface area contributed by atoms with E-state index in [2.05, 4.69) is 10.6 Å². The summed E-state index contributed by atoms with van der Waals surface area (Å²) in [6.07, 6.45) is 1.95. The summed E-state index contributed by atoms with van der Waals surface area (Å²) in [7, 11) is 0. The van der Waals surface area contributed by atoms with Crippen molar-refractivity contribution in [2.45, 2.75) is 39.7 Å². The minimum absolute atomic E-state index is 0.198. The Bertz CT molecular complexity index is 482. The van der Waals surface area contributed by atoms with Crippen molar-refractivity contribution in [2.75, 3.05) is 5.32 Å². The van der Waals surface area contributed by atoms with Gasteiger partial charge in [0.05, 0.1) is 0 Å². The summed E-state index contributed by atoms with van der Waals surface area (Å²) in [4.78, 5) is 23.3. The highest BCUT2D eigenvalue weighted by Crippen LogP contribution is 2.22. The monoisotopic (exact) mass is 246 g/mol. The highest BCUT2D eigenvalue weighted by molar-refractivity contribution is 6.39. The fraction of sp³-hybridized carbons (Fsp3) is 0.429. The van der Waals surface area contributed by atoms with Gasteiger partial charge in [0.1, 0.15) is 0 Å². The van der Waals surface area contributed by atoms with E-state index in [1.807, 2.05) is 32.9 Å². The molecule has 18 heavy (non-hydrogen) atoms. The minimum Gasteiger partial charge on any atom is -0.345 e. The Morgan fingerprint density at radius 3 is 2.11 bits per heavy atom. The lowest BCUT2D eigenvalue weighted by atomic mass is 10.1. The van der Waals surface area contributed by atoms with Crippen molar-refractivity contribution in [2.24, 2.45) is 0 Å². The molecule has 0 atom stereocenters. The molecule has 1 saturated carbocycles. The zero-order chi connectivity index (χ0) is 13.3. The summed E-state index contributed by atoms with van der Waals surface area (Å²) >= 11 is 0. The molecule has 96 valence electrons. The molecule has 1 aliphatic carbocycles. The van der Waals surface area contributed by atoms with E-state index in [9.17, 15) is 9.59 Å². The molecule has 2 N–H and O–H groups in total. The van der Waals surface area contributed by atoms with E-state index < -0.39 is 11.8 Å². The Morgan fingerprint density at radius 1 is 1.06 bits per heavy atom. The third-order valence-electron chi connectivity index (χ3n) is 3.03. The lowest BCUT2D eigenvalue weighted by Gasteiger charge is -2.12. The molecule has 0 saturated heterocycles. The van der Waals surface area contributed by atoms with Gasteiger partial charge in [0, 0.05) is 11.7 Å². The van der Waals surface area contributed by atoms with Crippen LogP contribution in [0.4, 0.5) is 5.69 Å². The molecule has 1 aromatic rings. The van der Waals surface area contributed by atoms with Crippen LogP contribution in [0.25, 0.3) is 0 Å². The van der Waals surface area contributed by atoms with Gasteiger partial charge in [0.15, 0.2) is 0 Å². The third kappa shape index (κ3) is 2.88. The van der Waals surface area contributed by atoms with Crippen LogP contribution >= 0.6 is 0 Å². The van der Waals surface area contributed by atoms with Gasteiger partial charge >= 0.3 is 11.8 Å². The van der Waals surface area contributed by atoms with Crippen LogP contribution in [0.15, 0.2) is 12.1 Å². The van der Waals surface area contributed by atoms with Gasteiger partial charge in [-0.1, -0.05) is 17.7 Å². The summed E-state index contributed by atoms with van der Waals surface area (Å²) in [6, 6.07) is 4.17. The number of aryl methyl sites for hydroxylation is 3. The third-order valence-corrected chi connectivity index (χ3v) is 3.03. The van der Waals surface area contributed by atoms with E-state index in [4.69, 9.17) is 0 Å². The van der Waals surface area contributed by atoms with E-state index >= 15 is 0 Å². The zero-order valence-electron chi connectivity index (χ0n) is 11.0. The zero-order valence-corrected chi connectivity index (χ0v) is 11.0. The average molecular weight is 246 g/mol. The van der Waals surface area contributed by atoms with Crippen LogP contribution in [-0.4, -0.2) is 17.9 Å². The molecular weight excluding hydrogens is 228 g/mol. The Kier molecular flexibility index (Phi) is 3.36. The van der Waals surface area contributed by atoms with Gasteiger partial charge in [0.2, 0.25) is 0 Å². The maximum atomic E-state index is 11.7. The van der Waals surface area contributed by atoms with Crippen LogP contribution in [0.3, 0.4) is 0 Å². The van der Waals surface area contributed by atoms with Crippen molar-refractivity contribution in [3.8, 4) is 0 Å². The van der Waals surface area contributed by atoms with E-state index in [0.717, 1.165) is 35.2 Å². The molecule has 4 nitrogen and oxygen atoms in total. The molecule has 2 rings (SSSR count). The van der Waals surface area contributed by atoms with Crippen LogP contribution in [0.2, 0.25) is 0 Å². The number of hydrogen-bond acceptors (Lipinski definition) is 2. The standard InChI is InChI=1S/C14H18N2O2/c1-8-6-9(2)12(10(3)7-8)16-14(18)13(17)15-11-4-5-11/h6-7,11H,4-5H2,1-3H3,(H,15,17)(H,16,18). The first-order chi connectivity index (χ1) is 8.47. The van der Waals surface area contributed by atoms with Crippen molar-refractivity contribution in [3.05, 3.63) is 28.8 Å². The molecule has 0 aromatic heterocycles. The van der Waals surface area contributed by atoms with Crippen LogP contribution in [0, 0.1) is 20.8 Å². The second kappa shape index (κ2) is 4.80. The van der Waals surface area contributed by atoms with Crippen LogP contribution in [0.1, 0.15) is 29.5 Å². The second-order valence-electron chi connectivity index (χ2n) is 4.98. The highest BCUT2D eigenvalue weighted by Gasteiger charge is 2.26. The highest BCUT2D eigenvalue weighted by atomic mass is 16.2. The van der Waals surface area contributed by atoms with Crippen LogP contribution < -0.4 is 10.6 Å². The van der Waals surface area contributed by atoms with Gasteiger partial charge in [-0.3, -0.25) is 9.59 Å². The molecule has 2 amide bonds. The quantitative estimate of drug-likeness (QED) is 0.782. The average Bonchev–Trinajstić information content (AvgIpc) is 3.06. The Hall–Kier alpha value is -1.84. The fourth-order valence-electron chi connectivity index (χ4n) is 2.03. The summed E-state index contributed by atoms with van der Waals surface area (Å²) in [5.41, 5.74) is 3.82. The molecule has 4 heteroatoms. The predicted octanol–water partition coefficient (Wildman–Crippen LogP) is 1.83. The molecule has 0 spiro atoms. The normalized spacial score (nSPS) is 14.2. The largest absolute Gasteiger partial charge is 0.345 e. The molecule has 0 heterocycles. The number of carbonyl (C=O) groups excluding carboxylic acids is 2. The number of hydrogen-bond donors (Lipinski definition) is 2. The first kappa shape index (κ1) is 12.6. The van der Waals surface area contributed by atoms with E-state index in [0.29, 0.717) is 0 Å². The Balaban J connectivity index is 2.08. The van der Waals surface area contributed by atoms with E-state index in [1.54, 1.807) is 0 Å². The molecule has 0 aliphatic heterocycles. The Morgan fingerprint density at radius 2 is 1.61 bits per heavy atom. The van der Waals surface area contributed by atoms with E-state index in [1.165, 1.54) is 0 Å². The summed E-state index contributed by atoms with van der Waals surface area (Å²) in [5, 5.41) is 5.36. The van der Waals surface area contributed by atoms with Crippen LogP contribution in [0.5, 0.6) is 0 Å². The smallest absolute Gasteiger partial charge is 0.313 e. The fourth-order valence-corrected chi connectivity index (χ4v) is 2.03. The summed E-state index contributed by atoms with van der Waals surface area (Å²) < 4.78 is 0. The van der Waals surface area contributed by atoms with Gasteiger partial charge in [0.25, 0.3) is 0 Å². The SMILES string of the molecule is Cc1cc(C)c(NC(=O)C(=O)NC2CC2)c(C)c1. The number of benzene rings is 1. The molecule has 0 bridgehead atoms. The number of amides is 2. The van der Waals surface area contributed by atoms with Gasteiger partial charge in [-0.25, -0.2) is 0 Å². The van der Waals surface area contributed by atoms with Gasteiger partial charge in [-0.15, -0.1) is 0 Å². The molecule has 1 aromatic carbocycles. The molecular formula is C14H18N2O2. The topological polar surface area (TPSA) is 58.2 Å². The molecule has 1 fully saturated rings. The van der Waals surface area contributed by atoms with Crippen molar-refractivity contribution in [1.29, 1.82) is 0 Å². The maximum absolute atomic E-state index is 11.7. The van der Waals surface area contributed by atoms with Gasteiger partial charge in [-0.2, -0.15) is 0 Å². The first-order valence-electron chi connectivity index (χ1n) is 6.17. The lowest BCUT2D eigenvalue weighted by Crippen LogP contribution is -2.36. The first-order valence-corrected chi connectivity index (χ1v) is 6.17. The summed E-state index contributed by atoms with van der Waals surface area (Å²) in [5.74, 6) is -1.13. The molecule has 0 radical (unpaired) electrons. The lowest BCUT2D eigenvalue weighted by molar-refractivity contribution is -0.136. The Labute approximate surface area is 107 Å². The summed E-state index contributed by atoms with van der Waals surface area (Å²) in [6.45, 7) is 5.86. The van der Waals surface area contributed by atoms with Crippen LogP contribution in [-0.2, 0) is 9.59 Å². The van der Waals surface area contributed by atoms with Gasteiger partial charge < -0.3 is 10.6 Å². The van der Waals surface area contributed by atoms with Crippen molar-refractivity contribution < 1.29 is 9.59 Å². The predicted molar refractivity (Wildman–Crippen MR) is 70.4 cm³/mol. The van der Waals surface area contributed by atoms with Crippen molar-refractivity contribution in [1.82, 2.24) is 5.32 Å². The number of carbonyl (C=O) groups is 2. The van der Waals surface area contributed by atoms with Gasteiger partial charge in [-0.05, 0) is 44.7 Å². The van der Waals surface area contributed by atoms with Crippen molar-refractivity contribution >= 4 is 17.5 Å². The van der Waals surface area contributed by atoms with E-state index in [-0.39, 0.29) is 6.04 Å². The molecule has 0 unspecified atom stereocenters. The molecule has 1 aliphatic rings. The number of rotatable bonds is 2. The second-order valence-corrected chi connectivity index (χ2v) is 4.98. The number of anilines is 1. The maximum Gasteiger partial charge on any atom is 0.313 e. The minimum atomic E-state index is -0.586.